The maximum absolute atomic E-state index is 2.69. The zero-order chi connectivity index (χ0) is 7.90. The largest absolute Gasteiger partial charge is 0.297 e. The second kappa shape index (κ2) is 2.67. The maximum Gasteiger partial charge on any atom is 0.0193 e. The van der Waals surface area contributed by atoms with Gasteiger partial charge in [0.15, 0.2) is 0 Å². The molecule has 2 heteroatoms. The Morgan fingerprint density at radius 3 is 3.00 bits per heavy atom. The Bertz CT molecular complexity index is 160. The Balaban J connectivity index is 2.06. The van der Waals surface area contributed by atoms with E-state index in [0.29, 0.717) is 5.54 Å². The fourth-order valence-corrected chi connectivity index (χ4v) is 3.44. The van der Waals surface area contributed by atoms with Crippen LogP contribution in [0.3, 0.4) is 0 Å². The summed E-state index contributed by atoms with van der Waals surface area (Å²) in [6.45, 7) is 5.14. The van der Waals surface area contributed by atoms with E-state index in [9.17, 15) is 0 Å². The topological polar surface area (TPSA) is 3.24 Å². The van der Waals surface area contributed by atoms with Gasteiger partial charge in [-0.3, -0.25) is 4.90 Å². The molecule has 2 aliphatic rings. The van der Waals surface area contributed by atoms with Crippen LogP contribution in [0.1, 0.15) is 26.2 Å². The molecule has 0 aromatic carbocycles. The van der Waals surface area contributed by atoms with E-state index in [2.05, 4.69) is 18.1 Å². The minimum absolute atomic E-state index is 0.591. The van der Waals surface area contributed by atoms with Crippen LogP contribution < -0.4 is 0 Å². The summed E-state index contributed by atoms with van der Waals surface area (Å²) in [5.74, 6) is 0. The van der Waals surface area contributed by atoms with Crippen molar-refractivity contribution < 1.29 is 0 Å². The zero-order valence-electron chi connectivity index (χ0n) is 7.47. The predicted octanol–water partition coefficient (Wildman–Crippen LogP) is 1.98. The van der Waals surface area contributed by atoms with Gasteiger partial charge in [-0.1, -0.05) is 0 Å². The molecule has 2 heterocycles. The number of fused-ring (bicyclic) bond motifs is 1. The van der Waals surface area contributed by atoms with Gasteiger partial charge in [0, 0.05) is 17.3 Å². The molecule has 2 fully saturated rings. The van der Waals surface area contributed by atoms with Crippen molar-refractivity contribution >= 4 is 11.8 Å². The molecule has 64 valence electrons. The third-order valence-corrected chi connectivity index (χ3v) is 4.31. The standard InChI is InChI=1S/C9H17NS/c1-9-4-3-5-10(9)7-8(6-9)11-2/h8H,3-7H2,1-2H3/t8-,9?/m1/s1. The number of thioether (sulfide) groups is 1. The van der Waals surface area contributed by atoms with Crippen LogP contribution in [0, 0.1) is 0 Å². The smallest absolute Gasteiger partial charge is 0.0193 e. The van der Waals surface area contributed by atoms with Crippen molar-refractivity contribution in [3.05, 3.63) is 0 Å². The molecule has 2 aliphatic heterocycles. The predicted molar refractivity (Wildman–Crippen MR) is 51.1 cm³/mol. The highest BCUT2D eigenvalue weighted by Gasteiger charge is 2.44. The van der Waals surface area contributed by atoms with Crippen molar-refractivity contribution in [3.63, 3.8) is 0 Å². The van der Waals surface area contributed by atoms with E-state index in [0.717, 1.165) is 5.25 Å². The molecule has 0 saturated carbocycles. The molecule has 1 nitrogen and oxygen atoms in total. The average molecular weight is 171 g/mol. The highest BCUT2D eigenvalue weighted by molar-refractivity contribution is 7.99. The van der Waals surface area contributed by atoms with Gasteiger partial charge in [0.1, 0.15) is 0 Å². The quantitative estimate of drug-likeness (QED) is 0.593. The second-order valence-corrected chi connectivity index (χ2v) is 5.25. The normalized spacial score (nSPS) is 44.7. The minimum Gasteiger partial charge on any atom is -0.297 e. The van der Waals surface area contributed by atoms with Crippen molar-refractivity contribution in [2.75, 3.05) is 19.3 Å². The fourth-order valence-electron chi connectivity index (χ4n) is 2.58. The van der Waals surface area contributed by atoms with Crippen molar-refractivity contribution in [1.29, 1.82) is 0 Å². The van der Waals surface area contributed by atoms with E-state index in [4.69, 9.17) is 0 Å². The lowest BCUT2D eigenvalue weighted by Crippen LogP contribution is -2.34. The van der Waals surface area contributed by atoms with Gasteiger partial charge < -0.3 is 0 Å². The molecule has 0 N–H and O–H groups in total. The Hall–Kier alpha value is 0.310. The van der Waals surface area contributed by atoms with E-state index in [-0.39, 0.29) is 0 Å². The lowest BCUT2D eigenvalue weighted by atomic mass is 9.97. The van der Waals surface area contributed by atoms with Crippen molar-refractivity contribution in [1.82, 2.24) is 4.90 Å². The van der Waals surface area contributed by atoms with Gasteiger partial charge >= 0.3 is 0 Å². The van der Waals surface area contributed by atoms with Crippen LogP contribution in [-0.4, -0.2) is 35.0 Å². The first-order valence-corrected chi connectivity index (χ1v) is 5.81. The van der Waals surface area contributed by atoms with Crippen molar-refractivity contribution in [3.8, 4) is 0 Å². The van der Waals surface area contributed by atoms with Gasteiger partial charge in [-0.25, -0.2) is 0 Å². The van der Waals surface area contributed by atoms with E-state index < -0.39 is 0 Å². The van der Waals surface area contributed by atoms with Crippen molar-refractivity contribution in [2.45, 2.75) is 37.0 Å². The molecule has 0 amide bonds. The molecule has 2 rings (SSSR count). The van der Waals surface area contributed by atoms with E-state index >= 15 is 0 Å². The van der Waals surface area contributed by atoms with Crippen LogP contribution in [-0.2, 0) is 0 Å². The van der Waals surface area contributed by atoms with Crippen LogP contribution in [0.5, 0.6) is 0 Å². The molecule has 1 unspecified atom stereocenters. The molecule has 0 bridgehead atoms. The van der Waals surface area contributed by atoms with E-state index in [1.807, 2.05) is 11.8 Å². The maximum atomic E-state index is 2.69. The van der Waals surface area contributed by atoms with E-state index in [1.165, 1.54) is 32.4 Å². The van der Waals surface area contributed by atoms with E-state index in [1.54, 1.807) is 0 Å². The Kier molecular flexibility index (Phi) is 1.92. The number of hydrogen-bond donors (Lipinski definition) is 0. The third kappa shape index (κ3) is 1.20. The Labute approximate surface area is 73.5 Å². The van der Waals surface area contributed by atoms with Crippen LogP contribution in [0.2, 0.25) is 0 Å². The summed E-state index contributed by atoms with van der Waals surface area (Å²) in [5, 5.41) is 0.917. The lowest BCUT2D eigenvalue weighted by molar-refractivity contribution is 0.218. The summed E-state index contributed by atoms with van der Waals surface area (Å²) in [6, 6.07) is 0. The lowest BCUT2D eigenvalue weighted by Gasteiger charge is -2.26. The highest BCUT2D eigenvalue weighted by atomic mass is 32.2. The first-order valence-electron chi connectivity index (χ1n) is 4.52. The highest BCUT2D eigenvalue weighted by Crippen LogP contribution is 2.41. The van der Waals surface area contributed by atoms with Crippen LogP contribution in [0.25, 0.3) is 0 Å². The fraction of sp³-hybridized carbons (Fsp3) is 1.00. The number of rotatable bonds is 1. The Morgan fingerprint density at radius 1 is 1.55 bits per heavy atom. The molecular formula is C9H17NS. The van der Waals surface area contributed by atoms with Gasteiger partial charge in [0.2, 0.25) is 0 Å². The van der Waals surface area contributed by atoms with Gasteiger partial charge in [-0.15, -0.1) is 0 Å². The summed E-state index contributed by atoms with van der Waals surface area (Å²) >= 11 is 2.05. The molecule has 11 heavy (non-hydrogen) atoms. The van der Waals surface area contributed by atoms with Gasteiger partial charge in [0.25, 0.3) is 0 Å². The van der Waals surface area contributed by atoms with Crippen LogP contribution >= 0.6 is 11.8 Å². The summed E-state index contributed by atoms with van der Waals surface area (Å²) in [4.78, 5) is 2.69. The van der Waals surface area contributed by atoms with Gasteiger partial charge in [0.05, 0.1) is 0 Å². The molecule has 2 saturated heterocycles. The first-order chi connectivity index (χ1) is 5.24. The molecular weight excluding hydrogens is 154 g/mol. The second-order valence-electron chi connectivity index (χ2n) is 4.11. The minimum atomic E-state index is 0.591. The number of hydrogen-bond acceptors (Lipinski definition) is 2. The molecule has 2 atom stereocenters. The average Bonchev–Trinajstić information content (AvgIpc) is 2.42. The zero-order valence-corrected chi connectivity index (χ0v) is 8.28. The van der Waals surface area contributed by atoms with Gasteiger partial charge in [-0.2, -0.15) is 11.8 Å². The SMILES string of the molecule is CS[C@H]1CN2CCCC2(C)C1. The summed E-state index contributed by atoms with van der Waals surface area (Å²) < 4.78 is 0. The Morgan fingerprint density at radius 2 is 2.36 bits per heavy atom. The summed E-state index contributed by atoms with van der Waals surface area (Å²) in [6.07, 6.45) is 6.53. The molecule has 0 aromatic heterocycles. The van der Waals surface area contributed by atoms with Gasteiger partial charge in [-0.05, 0) is 39.0 Å². The van der Waals surface area contributed by atoms with Crippen molar-refractivity contribution in [2.24, 2.45) is 0 Å². The molecule has 0 radical (unpaired) electrons. The first kappa shape index (κ1) is 7.93. The molecule has 0 aliphatic carbocycles. The summed E-state index contributed by atoms with van der Waals surface area (Å²) in [7, 11) is 0. The third-order valence-electron chi connectivity index (χ3n) is 3.33. The molecule has 0 spiro atoms. The van der Waals surface area contributed by atoms with Crippen LogP contribution in [0.4, 0.5) is 0 Å². The molecule has 0 aromatic rings. The van der Waals surface area contributed by atoms with Crippen LogP contribution in [0.15, 0.2) is 0 Å². The number of nitrogens with zero attached hydrogens (tertiary/aromatic N) is 1. The monoisotopic (exact) mass is 171 g/mol. The summed E-state index contributed by atoms with van der Waals surface area (Å²) in [5.41, 5.74) is 0.591.